The van der Waals surface area contributed by atoms with Crippen molar-refractivity contribution in [1.29, 1.82) is 0 Å². The van der Waals surface area contributed by atoms with Crippen molar-refractivity contribution < 1.29 is 8.42 Å². The second kappa shape index (κ2) is 6.20. The molecule has 0 radical (unpaired) electrons. The van der Waals surface area contributed by atoms with E-state index in [1.165, 1.54) is 0 Å². The minimum Gasteiger partial charge on any atom is -0.224 e. The second-order valence-electron chi connectivity index (χ2n) is 4.89. The highest BCUT2D eigenvalue weighted by Crippen LogP contribution is 2.22. The molecule has 1 atom stereocenters. The lowest BCUT2D eigenvalue weighted by Gasteiger charge is -2.20. The third-order valence-corrected chi connectivity index (χ3v) is 5.00. The Morgan fingerprint density at radius 3 is 2.18 bits per heavy atom. The monoisotopic (exact) mass is 254 g/mol. The Kier molecular flexibility index (Phi) is 5.19. The molecule has 0 bridgehead atoms. The van der Waals surface area contributed by atoms with E-state index in [2.05, 4.69) is 20.8 Å². The highest BCUT2D eigenvalue weighted by atomic mass is 32.2. The topological polar surface area (TPSA) is 34.1 Å². The van der Waals surface area contributed by atoms with E-state index in [1.54, 1.807) is 24.3 Å². The predicted molar refractivity (Wildman–Crippen MR) is 71.7 cm³/mol. The maximum atomic E-state index is 12.2. The third kappa shape index (κ3) is 4.15. The zero-order chi connectivity index (χ0) is 12.9. The molecule has 0 aromatic heterocycles. The van der Waals surface area contributed by atoms with Gasteiger partial charge in [0.2, 0.25) is 0 Å². The van der Waals surface area contributed by atoms with E-state index in [1.807, 2.05) is 6.07 Å². The average Bonchev–Trinajstić information content (AvgIpc) is 2.29. The van der Waals surface area contributed by atoms with E-state index in [0.29, 0.717) is 10.8 Å². The van der Waals surface area contributed by atoms with Crippen LogP contribution in [0.2, 0.25) is 0 Å². The fourth-order valence-electron chi connectivity index (χ4n) is 1.99. The van der Waals surface area contributed by atoms with Crippen LogP contribution < -0.4 is 0 Å². The minimum absolute atomic E-state index is 0.255. The van der Waals surface area contributed by atoms with Crippen LogP contribution >= 0.6 is 0 Å². The van der Waals surface area contributed by atoms with Crippen molar-refractivity contribution in [2.45, 2.75) is 38.5 Å². The van der Waals surface area contributed by atoms with Gasteiger partial charge in [0, 0.05) is 0 Å². The van der Waals surface area contributed by atoms with Crippen LogP contribution in [0.25, 0.3) is 0 Å². The molecule has 1 aromatic rings. The molecule has 0 fully saturated rings. The highest BCUT2D eigenvalue weighted by molar-refractivity contribution is 7.91. The summed E-state index contributed by atoms with van der Waals surface area (Å²) in [5.74, 6) is 0.932. The molecule has 0 aliphatic rings. The molecule has 0 heterocycles. The van der Waals surface area contributed by atoms with Crippen molar-refractivity contribution in [3.8, 4) is 0 Å². The molecule has 2 nitrogen and oxygen atoms in total. The van der Waals surface area contributed by atoms with Crippen molar-refractivity contribution >= 4 is 9.84 Å². The van der Waals surface area contributed by atoms with Crippen molar-refractivity contribution in [2.24, 2.45) is 11.8 Å². The number of hydrogen-bond donors (Lipinski definition) is 0. The van der Waals surface area contributed by atoms with Crippen LogP contribution in [0.15, 0.2) is 35.2 Å². The molecule has 0 unspecified atom stereocenters. The zero-order valence-electron chi connectivity index (χ0n) is 10.9. The lowest BCUT2D eigenvalue weighted by Crippen LogP contribution is -2.20. The van der Waals surface area contributed by atoms with Gasteiger partial charge in [-0.15, -0.1) is 0 Å². The largest absolute Gasteiger partial charge is 0.224 e. The lowest BCUT2D eigenvalue weighted by atomic mass is 9.93. The smallest absolute Gasteiger partial charge is 0.178 e. The first-order valence-corrected chi connectivity index (χ1v) is 7.90. The van der Waals surface area contributed by atoms with Crippen LogP contribution in [0.4, 0.5) is 0 Å². The second-order valence-corrected chi connectivity index (χ2v) is 6.92. The van der Waals surface area contributed by atoms with Gasteiger partial charge in [-0.3, -0.25) is 0 Å². The molecule has 0 N–H and O–H groups in total. The van der Waals surface area contributed by atoms with Gasteiger partial charge in [-0.05, 0) is 30.4 Å². The molecule has 0 saturated heterocycles. The Balaban J connectivity index is 2.85. The van der Waals surface area contributed by atoms with Gasteiger partial charge in [-0.2, -0.15) is 0 Å². The first kappa shape index (κ1) is 14.2. The summed E-state index contributed by atoms with van der Waals surface area (Å²) in [7, 11) is -3.13. The Hall–Kier alpha value is -0.830. The Morgan fingerprint density at radius 2 is 1.71 bits per heavy atom. The summed E-state index contributed by atoms with van der Waals surface area (Å²) in [6.45, 7) is 6.30. The van der Waals surface area contributed by atoms with E-state index in [9.17, 15) is 8.42 Å². The molecule has 0 saturated carbocycles. The van der Waals surface area contributed by atoms with Crippen molar-refractivity contribution in [2.75, 3.05) is 5.75 Å². The number of rotatable bonds is 6. The Bertz CT molecular complexity index is 421. The molecular weight excluding hydrogens is 232 g/mol. The van der Waals surface area contributed by atoms with Gasteiger partial charge in [0.25, 0.3) is 0 Å². The molecule has 0 spiro atoms. The Morgan fingerprint density at radius 1 is 1.12 bits per heavy atom. The Labute approximate surface area is 105 Å². The van der Waals surface area contributed by atoms with Crippen LogP contribution in [0.3, 0.4) is 0 Å². The third-order valence-electron chi connectivity index (χ3n) is 3.14. The first-order valence-electron chi connectivity index (χ1n) is 6.25. The minimum atomic E-state index is -3.13. The first-order chi connectivity index (χ1) is 7.97. The predicted octanol–water partition coefficient (Wildman–Crippen LogP) is 3.53. The molecule has 0 aliphatic heterocycles. The zero-order valence-corrected chi connectivity index (χ0v) is 11.7. The molecule has 96 valence electrons. The van der Waals surface area contributed by atoms with Crippen LogP contribution in [-0.4, -0.2) is 14.2 Å². The van der Waals surface area contributed by atoms with Gasteiger partial charge in [0.1, 0.15) is 0 Å². The molecule has 3 heteroatoms. The quantitative estimate of drug-likeness (QED) is 0.778. The number of sulfone groups is 1. The van der Waals surface area contributed by atoms with Crippen LogP contribution in [0.1, 0.15) is 33.6 Å². The summed E-state index contributed by atoms with van der Waals surface area (Å²) in [4.78, 5) is 0.446. The van der Waals surface area contributed by atoms with Gasteiger partial charge in [0.05, 0.1) is 10.6 Å². The van der Waals surface area contributed by atoms with Crippen molar-refractivity contribution in [1.82, 2.24) is 0 Å². The molecule has 0 aliphatic carbocycles. The van der Waals surface area contributed by atoms with E-state index in [0.717, 1.165) is 12.8 Å². The fourth-order valence-corrected chi connectivity index (χ4v) is 3.87. The van der Waals surface area contributed by atoms with Gasteiger partial charge in [-0.1, -0.05) is 45.4 Å². The van der Waals surface area contributed by atoms with Crippen LogP contribution in [0, 0.1) is 11.8 Å². The van der Waals surface area contributed by atoms with Crippen molar-refractivity contribution in [3.63, 3.8) is 0 Å². The molecule has 1 aromatic carbocycles. The molecular formula is C14H22O2S. The van der Waals surface area contributed by atoms with Gasteiger partial charge in [0.15, 0.2) is 9.84 Å². The average molecular weight is 254 g/mol. The fraction of sp³-hybridized carbons (Fsp3) is 0.571. The molecule has 17 heavy (non-hydrogen) atoms. The van der Waals surface area contributed by atoms with Gasteiger partial charge < -0.3 is 0 Å². The van der Waals surface area contributed by atoms with E-state index in [-0.39, 0.29) is 11.7 Å². The normalized spacial score (nSPS) is 13.9. The van der Waals surface area contributed by atoms with E-state index < -0.39 is 9.84 Å². The van der Waals surface area contributed by atoms with Gasteiger partial charge >= 0.3 is 0 Å². The summed E-state index contributed by atoms with van der Waals surface area (Å²) in [5, 5.41) is 0. The maximum Gasteiger partial charge on any atom is 0.178 e. The van der Waals surface area contributed by atoms with Crippen molar-refractivity contribution in [3.05, 3.63) is 30.3 Å². The summed E-state index contributed by atoms with van der Waals surface area (Å²) in [5.41, 5.74) is 0. The summed E-state index contributed by atoms with van der Waals surface area (Å²) in [6, 6.07) is 8.75. The maximum absolute atomic E-state index is 12.2. The summed E-state index contributed by atoms with van der Waals surface area (Å²) < 4.78 is 24.4. The van der Waals surface area contributed by atoms with Crippen LogP contribution in [-0.2, 0) is 9.84 Å². The molecule has 1 rings (SSSR count). The van der Waals surface area contributed by atoms with Crippen LogP contribution in [0.5, 0.6) is 0 Å². The van der Waals surface area contributed by atoms with Gasteiger partial charge in [-0.25, -0.2) is 8.42 Å². The lowest BCUT2D eigenvalue weighted by molar-refractivity contribution is 0.388. The van der Waals surface area contributed by atoms with E-state index >= 15 is 0 Å². The standard InChI is InChI=1S/C14H22O2S/c1-4-8-13(12(2)3)11-17(15,16)14-9-6-5-7-10-14/h5-7,9-10,12-13H,4,8,11H2,1-3H3/t13-/m1/s1. The summed E-state index contributed by atoms with van der Waals surface area (Å²) in [6.07, 6.45) is 2.01. The number of benzene rings is 1. The summed E-state index contributed by atoms with van der Waals surface area (Å²) >= 11 is 0. The SMILES string of the molecule is CCC[C@H](CS(=O)(=O)c1ccccc1)C(C)C. The van der Waals surface area contributed by atoms with E-state index in [4.69, 9.17) is 0 Å². The highest BCUT2D eigenvalue weighted by Gasteiger charge is 2.22. The number of hydrogen-bond acceptors (Lipinski definition) is 2. The molecule has 0 amide bonds.